The van der Waals surface area contributed by atoms with E-state index in [1.807, 2.05) is 27.7 Å². The van der Waals surface area contributed by atoms with Crippen molar-refractivity contribution >= 4 is 29.5 Å². The van der Waals surface area contributed by atoms with Gasteiger partial charge in [-0.1, -0.05) is 0 Å². The minimum atomic E-state index is -1.11. The van der Waals surface area contributed by atoms with Crippen LogP contribution in [-0.2, 0) is 4.74 Å². The van der Waals surface area contributed by atoms with Crippen LogP contribution in [0.3, 0.4) is 0 Å². The van der Waals surface area contributed by atoms with Gasteiger partial charge in [-0.05, 0) is 65.0 Å². The fourth-order valence-electron chi connectivity index (χ4n) is 2.89. The van der Waals surface area contributed by atoms with Gasteiger partial charge in [0.15, 0.2) is 0 Å². The largest absolute Gasteiger partial charge is 0.477 e. The van der Waals surface area contributed by atoms with Crippen LogP contribution in [0.1, 0.15) is 63.7 Å². The van der Waals surface area contributed by atoms with Crippen LogP contribution in [-0.4, -0.2) is 44.3 Å². The Hall–Kier alpha value is -2.09. The molecule has 2 rings (SSSR count). The molecule has 9 heteroatoms. The lowest BCUT2D eigenvalue weighted by Gasteiger charge is -2.38. The molecule has 1 fully saturated rings. The van der Waals surface area contributed by atoms with Gasteiger partial charge in [-0.25, -0.2) is 14.6 Å². The number of aromatic carboxylic acids is 1. The molecule has 1 aromatic heterocycles. The predicted octanol–water partition coefficient (Wildman–Crippen LogP) is 3.47. The minimum Gasteiger partial charge on any atom is -0.477 e. The quantitative estimate of drug-likeness (QED) is 0.681. The van der Waals surface area contributed by atoms with E-state index in [2.05, 4.69) is 20.6 Å². The van der Waals surface area contributed by atoms with Crippen LogP contribution in [0.25, 0.3) is 0 Å². The highest BCUT2D eigenvalue weighted by molar-refractivity contribution is 6.28. The highest BCUT2D eigenvalue weighted by Crippen LogP contribution is 2.30. The standard InChI is InChI=1S/C17H25ClN4O4/c1-16(2,3)26-15(25)22-17(4)7-5-10(6-8-17)20-12-11(13(23)24)9-19-14(18)21-12/h9-10H,5-8H2,1-4H3,(H,22,25)(H,23,24)(H,19,20,21). The number of carbonyl (C=O) groups excluding carboxylic acids is 1. The first kappa shape index (κ1) is 20.2. The molecule has 1 heterocycles. The Morgan fingerprint density at radius 1 is 1.35 bits per heavy atom. The molecule has 0 unspecified atom stereocenters. The van der Waals surface area contributed by atoms with Gasteiger partial charge in [0, 0.05) is 17.8 Å². The first-order valence-electron chi connectivity index (χ1n) is 8.51. The van der Waals surface area contributed by atoms with Crippen molar-refractivity contribution in [2.45, 2.75) is 70.6 Å². The summed E-state index contributed by atoms with van der Waals surface area (Å²) in [5.74, 6) is -0.900. The van der Waals surface area contributed by atoms with Crippen LogP contribution in [0.2, 0.25) is 5.28 Å². The molecule has 144 valence electrons. The van der Waals surface area contributed by atoms with E-state index in [9.17, 15) is 14.7 Å². The smallest absolute Gasteiger partial charge is 0.408 e. The Labute approximate surface area is 157 Å². The van der Waals surface area contributed by atoms with E-state index in [1.54, 1.807) is 0 Å². The molecule has 3 N–H and O–H groups in total. The highest BCUT2D eigenvalue weighted by Gasteiger charge is 2.34. The molecule has 0 saturated heterocycles. The second kappa shape index (κ2) is 7.65. The normalized spacial score (nSPS) is 23.2. The van der Waals surface area contributed by atoms with Gasteiger partial charge in [-0.15, -0.1) is 0 Å². The van der Waals surface area contributed by atoms with Crippen LogP contribution < -0.4 is 10.6 Å². The number of nitrogens with zero attached hydrogens (tertiary/aromatic N) is 2. The van der Waals surface area contributed by atoms with Gasteiger partial charge in [0.25, 0.3) is 0 Å². The van der Waals surface area contributed by atoms with Crippen LogP contribution in [0.15, 0.2) is 6.20 Å². The summed E-state index contributed by atoms with van der Waals surface area (Å²) >= 11 is 5.78. The molecule has 1 aliphatic rings. The van der Waals surface area contributed by atoms with E-state index in [0.29, 0.717) is 0 Å². The number of ether oxygens (including phenoxy) is 1. The van der Waals surface area contributed by atoms with Crippen LogP contribution >= 0.6 is 11.6 Å². The fraction of sp³-hybridized carbons (Fsp3) is 0.647. The van der Waals surface area contributed by atoms with E-state index in [-0.39, 0.29) is 28.2 Å². The van der Waals surface area contributed by atoms with Crippen molar-refractivity contribution in [1.29, 1.82) is 0 Å². The molecule has 0 atom stereocenters. The van der Waals surface area contributed by atoms with Gasteiger partial charge in [-0.2, -0.15) is 4.98 Å². The summed E-state index contributed by atoms with van der Waals surface area (Å²) in [6, 6.07) is 0.0348. The van der Waals surface area contributed by atoms with Gasteiger partial charge in [-0.3, -0.25) is 0 Å². The number of nitrogens with one attached hydrogen (secondary N) is 2. The third-order valence-electron chi connectivity index (χ3n) is 4.22. The topological polar surface area (TPSA) is 113 Å². The van der Waals surface area contributed by atoms with Crippen molar-refractivity contribution in [2.75, 3.05) is 5.32 Å². The number of rotatable bonds is 4. The first-order chi connectivity index (χ1) is 12.0. The molecule has 1 amide bonds. The molecule has 0 bridgehead atoms. The molecule has 0 spiro atoms. The minimum absolute atomic E-state index is 0.00950. The summed E-state index contributed by atoms with van der Waals surface area (Å²) in [5.41, 5.74) is -0.923. The maximum atomic E-state index is 12.0. The highest BCUT2D eigenvalue weighted by atomic mass is 35.5. The number of hydrogen-bond donors (Lipinski definition) is 3. The average molecular weight is 385 g/mol. The van der Waals surface area contributed by atoms with Crippen molar-refractivity contribution in [3.63, 3.8) is 0 Å². The van der Waals surface area contributed by atoms with Crippen molar-refractivity contribution in [3.05, 3.63) is 17.0 Å². The van der Waals surface area contributed by atoms with Gasteiger partial charge in [0.1, 0.15) is 17.0 Å². The molecule has 1 saturated carbocycles. The van der Waals surface area contributed by atoms with Crippen molar-refractivity contribution in [3.8, 4) is 0 Å². The fourth-order valence-corrected chi connectivity index (χ4v) is 3.03. The number of carboxylic acids is 1. The molecule has 0 aromatic carbocycles. The van der Waals surface area contributed by atoms with Crippen molar-refractivity contribution < 1.29 is 19.4 Å². The maximum Gasteiger partial charge on any atom is 0.408 e. The molecule has 0 aliphatic heterocycles. The maximum absolute atomic E-state index is 12.0. The number of amides is 1. The van der Waals surface area contributed by atoms with Crippen molar-refractivity contribution in [2.24, 2.45) is 0 Å². The Morgan fingerprint density at radius 2 is 1.96 bits per heavy atom. The Balaban J connectivity index is 1.95. The number of halogens is 1. The van der Waals surface area contributed by atoms with Crippen LogP contribution in [0.5, 0.6) is 0 Å². The third kappa shape index (κ3) is 5.72. The zero-order valence-corrected chi connectivity index (χ0v) is 16.2. The average Bonchev–Trinajstić information content (AvgIpc) is 2.47. The van der Waals surface area contributed by atoms with E-state index in [0.717, 1.165) is 25.7 Å². The lowest BCUT2D eigenvalue weighted by atomic mass is 9.81. The monoisotopic (exact) mass is 384 g/mol. The third-order valence-corrected chi connectivity index (χ3v) is 4.40. The summed E-state index contributed by atoms with van der Waals surface area (Å²) in [4.78, 5) is 31.0. The molecular weight excluding hydrogens is 360 g/mol. The SMILES string of the molecule is CC1(NC(=O)OC(C)(C)C)CCC(Nc2nc(Cl)ncc2C(=O)O)CC1. The summed E-state index contributed by atoms with van der Waals surface area (Å²) in [6.45, 7) is 7.45. The molecular formula is C17H25ClN4O4. The zero-order valence-electron chi connectivity index (χ0n) is 15.4. The number of aromatic nitrogens is 2. The number of anilines is 1. The molecule has 26 heavy (non-hydrogen) atoms. The van der Waals surface area contributed by atoms with Crippen molar-refractivity contribution in [1.82, 2.24) is 15.3 Å². The Bertz CT molecular complexity index is 682. The zero-order chi connectivity index (χ0) is 19.5. The van der Waals surface area contributed by atoms with E-state index < -0.39 is 17.7 Å². The van der Waals surface area contributed by atoms with Crippen LogP contribution in [0, 0.1) is 0 Å². The van der Waals surface area contributed by atoms with Gasteiger partial charge >= 0.3 is 12.1 Å². The summed E-state index contributed by atoms with van der Waals surface area (Å²) < 4.78 is 5.32. The number of carbonyl (C=O) groups is 2. The second-order valence-electron chi connectivity index (χ2n) is 7.81. The molecule has 8 nitrogen and oxygen atoms in total. The van der Waals surface area contributed by atoms with E-state index >= 15 is 0 Å². The van der Waals surface area contributed by atoms with Gasteiger partial charge in [0.2, 0.25) is 5.28 Å². The predicted molar refractivity (Wildman–Crippen MR) is 97.7 cm³/mol. The molecule has 1 aromatic rings. The van der Waals surface area contributed by atoms with E-state index in [4.69, 9.17) is 16.3 Å². The number of alkyl carbamates (subject to hydrolysis) is 1. The van der Waals surface area contributed by atoms with Crippen LogP contribution in [0.4, 0.5) is 10.6 Å². The second-order valence-corrected chi connectivity index (χ2v) is 8.15. The molecule has 1 aliphatic carbocycles. The number of hydrogen-bond acceptors (Lipinski definition) is 6. The first-order valence-corrected chi connectivity index (χ1v) is 8.89. The lowest BCUT2D eigenvalue weighted by Crippen LogP contribution is -2.51. The molecule has 0 radical (unpaired) electrons. The Morgan fingerprint density at radius 3 is 2.50 bits per heavy atom. The Kier molecular flexibility index (Phi) is 5.95. The van der Waals surface area contributed by atoms with Gasteiger partial charge < -0.3 is 20.5 Å². The summed E-state index contributed by atoms with van der Waals surface area (Å²) in [5, 5.41) is 15.3. The number of carboxylic acid groups (broad SMARTS) is 1. The van der Waals surface area contributed by atoms with Gasteiger partial charge in [0.05, 0.1) is 0 Å². The van der Waals surface area contributed by atoms with E-state index in [1.165, 1.54) is 6.20 Å². The lowest BCUT2D eigenvalue weighted by molar-refractivity contribution is 0.0435. The summed E-state index contributed by atoms with van der Waals surface area (Å²) in [6.07, 6.45) is 3.70. The summed E-state index contributed by atoms with van der Waals surface area (Å²) in [7, 11) is 0.